The Kier molecular flexibility index (Phi) is 8.01. The van der Waals surface area contributed by atoms with Gasteiger partial charge in [-0.25, -0.2) is 12.8 Å². The van der Waals surface area contributed by atoms with Crippen molar-refractivity contribution >= 4 is 61.1 Å². The molecule has 0 unspecified atom stereocenters. The number of benzene rings is 2. The van der Waals surface area contributed by atoms with Crippen molar-refractivity contribution in [3.8, 4) is 0 Å². The summed E-state index contributed by atoms with van der Waals surface area (Å²) in [4.78, 5) is 16.4. The lowest BCUT2D eigenvalue weighted by Gasteiger charge is -2.12. The molecule has 1 aliphatic heterocycles. The van der Waals surface area contributed by atoms with Crippen LogP contribution in [0.1, 0.15) is 17.5 Å². The molecule has 0 bridgehead atoms. The van der Waals surface area contributed by atoms with E-state index in [1.165, 1.54) is 52.8 Å². The van der Waals surface area contributed by atoms with Gasteiger partial charge in [0.15, 0.2) is 22.6 Å². The van der Waals surface area contributed by atoms with E-state index in [1.807, 2.05) is 53.2 Å². The first-order valence-electron chi connectivity index (χ1n) is 11.1. The first-order chi connectivity index (χ1) is 17.2. The topological polar surface area (TPSA) is 63.3 Å². The van der Waals surface area contributed by atoms with Crippen molar-refractivity contribution in [3.05, 3.63) is 90.0 Å². The van der Waals surface area contributed by atoms with Crippen LogP contribution in [0.25, 0.3) is 11.1 Å². The normalized spacial score (nSPS) is 15.1. The average molecular weight is 596 g/mol. The van der Waals surface area contributed by atoms with Crippen molar-refractivity contribution in [2.75, 3.05) is 18.2 Å². The van der Waals surface area contributed by atoms with Gasteiger partial charge in [0.2, 0.25) is 0 Å². The van der Waals surface area contributed by atoms with Crippen LogP contribution in [-0.4, -0.2) is 26.3 Å². The number of aromatic nitrogens is 2. The van der Waals surface area contributed by atoms with Crippen LogP contribution in [0, 0.1) is 5.82 Å². The van der Waals surface area contributed by atoms with E-state index >= 15 is 0 Å². The lowest BCUT2D eigenvalue weighted by molar-refractivity contribution is -0.685. The van der Waals surface area contributed by atoms with Crippen LogP contribution in [0.4, 0.5) is 10.1 Å². The number of nitrogens with zero attached hydrogens (tertiary/aromatic N) is 3. The zero-order valence-corrected chi connectivity index (χ0v) is 24.2. The van der Waals surface area contributed by atoms with Crippen molar-refractivity contribution in [3.63, 3.8) is 0 Å². The highest BCUT2D eigenvalue weighted by atomic mass is 35.5. The molecule has 0 N–H and O–H groups in total. The highest BCUT2D eigenvalue weighted by Gasteiger charge is 2.25. The van der Waals surface area contributed by atoms with Gasteiger partial charge in [-0.15, -0.1) is 11.3 Å². The van der Waals surface area contributed by atoms with E-state index in [2.05, 4.69) is 0 Å². The van der Waals surface area contributed by atoms with Gasteiger partial charge in [0.25, 0.3) is 10.6 Å². The molecule has 12 heteroatoms. The van der Waals surface area contributed by atoms with Gasteiger partial charge in [-0.3, -0.25) is 9.36 Å². The summed E-state index contributed by atoms with van der Waals surface area (Å²) in [7, 11) is -1.47. The Morgan fingerprint density at radius 1 is 1.16 bits per heavy atom. The van der Waals surface area contributed by atoms with E-state index in [0.29, 0.717) is 28.1 Å². The van der Waals surface area contributed by atoms with Crippen molar-refractivity contribution in [2.45, 2.75) is 29.8 Å². The van der Waals surface area contributed by atoms with Crippen LogP contribution < -0.4 is 36.6 Å². The highest BCUT2D eigenvalue weighted by molar-refractivity contribution is 8.08. The molecule has 0 amide bonds. The molecule has 0 fully saturated rings. The number of rotatable bonds is 5. The van der Waals surface area contributed by atoms with E-state index < -0.39 is 9.84 Å². The Morgan fingerprint density at radius 2 is 1.92 bits per heavy atom. The van der Waals surface area contributed by atoms with Crippen molar-refractivity contribution in [1.29, 1.82) is 0 Å². The van der Waals surface area contributed by atoms with Gasteiger partial charge >= 0.3 is 0 Å². The van der Waals surface area contributed by atoms with Gasteiger partial charge in [-0.05, 0) is 31.2 Å². The maximum atomic E-state index is 13.8. The van der Waals surface area contributed by atoms with Crippen LogP contribution in [0.15, 0.2) is 68.6 Å². The lowest BCUT2D eigenvalue weighted by Crippen LogP contribution is -3.00. The Balaban J connectivity index is 0.00000320. The van der Waals surface area contributed by atoms with Gasteiger partial charge in [0.05, 0.1) is 22.0 Å². The predicted molar refractivity (Wildman–Crippen MR) is 144 cm³/mol. The van der Waals surface area contributed by atoms with E-state index in [9.17, 15) is 17.6 Å². The van der Waals surface area contributed by atoms with Crippen molar-refractivity contribution in [1.82, 2.24) is 4.57 Å². The van der Waals surface area contributed by atoms with Gasteiger partial charge in [0, 0.05) is 30.3 Å². The van der Waals surface area contributed by atoms with Gasteiger partial charge in [-0.2, -0.15) is 4.57 Å². The smallest absolute Gasteiger partial charge is 0.271 e. The molecular weight excluding hydrogens is 573 g/mol. The number of thioether (sulfide) groups is 1. The summed E-state index contributed by atoms with van der Waals surface area (Å²) in [6.45, 7) is 2.83. The minimum Gasteiger partial charge on any atom is -1.00 e. The van der Waals surface area contributed by atoms with E-state index in [0.717, 1.165) is 25.3 Å². The largest absolute Gasteiger partial charge is 1.00 e. The molecule has 5 rings (SSSR count). The summed E-state index contributed by atoms with van der Waals surface area (Å²) in [5, 5.41) is 3.63. The second-order valence-electron chi connectivity index (χ2n) is 8.29. The summed E-state index contributed by atoms with van der Waals surface area (Å²) in [5.41, 5.74) is 1.50. The number of sulfone groups is 1. The first-order valence-corrected chi connectivity index (χ1v) is 15.5. The fraction of sp³-hybridized carbons (Fsp3) is 0.200. The molecule has 1 aliphatic rings. The molecule has 6 nitrogen and oxygen atoms in total. The number of halogens is 2. The summed E-state index contributed by atoms with van der Waals surface area (Å²) < 4.78 is 43.4. The zero-order chi connectivity index (χ0) is 25.6. The molecule has 0 radical (unpaired) electrons. The molecule has 4 aromatic rings. The molecule has 0 atom stereocenters. The molecule has 194 valence electrons. The fourth-order valence-electron chi connectivity index (χ4n) is 4.14. The lowest BCUT2D eigenvalue weighted by atomic mass is 10.2. The molecular formula is C25H23ClFN3O3S4. The average Bonchev–Trinajstić information content (AvgIpc) is 3.49. The fourth-order valence-corrected chi connectivity index (χ4v) is 8.42. The minimum atomic E-state index is -3.36. The van der Waals surface area contributed by atoms with Crippen LogP contribution in [-0.2, 0) is 22.9 Å². The van der Waals surface area contributed by atoms with Crippen LogP contribution >= 0.6 is 34.4 Å². The maximum Gasteiger partial charge on any atom is 0.271 e. The Bertz CT molecular complexity index is 1780. The molecule has 0 saturated heterocycles. The molecule has 0 spiro atoms. The summed E-state index contributed by atoms with van der Waals surface area (Å²) in [5.74, 6) is -0.304. The Labute approximate surface area is 232 Å². The zero-order valence-electron chi connectivity index (χ0n) is 20.1. The Hall–Kier alpha value is -2.44. The molecule has 0 aliphatic carbocycles. The number of hydrogen-bond donors (Lipinski definition) is 0. The predicted octanol–water partition coefficient (Wildman–Crippen LogP) is 0.0102. The van der Waals surface area contributed by atoms with E-state index in [-0.39, 0.29) is 23.8 Å². The van der Waals surface area contributed by atoms with Crippen molar-refractivity contribution in [2.24, 2.45) is 0 Å². The SMILES string of the molecule is CCn1c(=O)/c(=C2\Sc3cc(F)ccc3N2C)s/c1=C\c1scc[n+]1Cc1ccccc1S(C)(=O)=O.[Cl-]. The van der Waals surface area contributed by atoms with Gasteiger partial charge < -0.3 is 17.3 Å². The highest BCUT2D eigenvalue weighted by Crippen LogP contribution is 2.45. The second kappa shape index (κ2) is 10.7. The maximum absolute atomic E-state index is 13.8. The molecule has 3 heterocycles. The second-order valence-corrected chi connectivity index (χ2v) is 13.3. The van der Waals surface area contributed by atoms with Crippen LogP contribution in [0.2, 0.25) is 0 Å². The molecule has 37 heavy (non-hydrogen) atoms. The summed E-state index contributed by atoms with van der Waals surface area (Å²) >= 11 is 4.33. The number of hydrogen-bond acceptors (Lipinski definition) is 7. The Morgan fingerprint density at radius 3 is 2.65 bits per heavy atom. The van der Waals surface area contributed by atoms with Crippen molar-refractivity contribution < 1.29 is 29.8 Å². The number of thiazole rings is 2. The minimum absolute atomic E-state index is 0. The first kappa shape index (κ1) is 27.6. The third-order valence-corrected chi connectivity index (χ3v) is 10.4. The van der Waals surface area contributed by atoms with Gasteiger partial charge in [0.1, 0.15) is 20.0 Å². The molecule has 2 aromatic carbocycles. The number of anilines is 1. The molecule has 2 aromatic heterocycles. The van der Waals surface area contributed by atoms with Gasteiger partial charge in [-0.1, -0.05) is 41.3 Å². The van der Waals surface area contributed by atoms with E-state index in [4.69, 9.17) is 0 Å². The third kappa shape index (κ3) is 5.28. The molecule has 0 saturated carbocycles. The standard InChI is InChI=1S/C25H23FN3O3S4.ClH/c1-4-29-22(35-23(24(29)30)25-27(2)18-10-9-17(26)13-19(18)34-25)14-21-28(11-12-33-21)15-16-7-5-6-8-20(16)36(3,31)32;/h5-14H,4,15H2,1-3H3;1H/q+1;/p-1/b25-23+;. The van der Waals surface area contributed by atoms with Crippen LogP contribution in [0.3, 0.4) is 0 Å². The van der Waals surface area contributed by atoms with E-state index in [1.54, 1.807) is 22.8 Å². The third-order valence-electron chi connectivity index (χ3n) is 5.89. The summed E-state index contributed by atoms with van der Waals surface area (Å²) in [6.07, 6.45) is 5.10. The quantitative estimate of drug-likeness (QED) is 0.304. The summed E-state index contributed by atoms with van der Waals surface area (Å²) in [6, 6.07) is 11.6. The van der Waals surface area contributed by atoms with Crippen LogP contribution in [0.5, 0.6) is 0 Å². The monoisotopic (exact) mass is 595 g/mol. The number of fused-ring (bicyclic) bond motifs is 1.